The van der Waals surface area contributed by atoms with E-state index in [1.165, 1.54) is 19.2 Å². The fourth-order valence-electron chi connectivity index (χ4n) is 1.33. The molecule has 16 heavy (non-hydrogen) atoms. The molecule has 3 nitrogen and oxygen atoms in total. The molecule has 0 amide bonds. The number of Topliss-reactive ketones (excluding diaryl/α,β-unsaturated/α-hetero) is 1. The summed E-state index contributed by atoms with van der Waals surface area (Å²) in [6, 6.07) is 5.95. The summed E-state index contributed by atoms with van der Waals surface area (Å²) in [6.45, 7) is 1.65. The molecule has 0 fully saturated rings. The first-order valence-corrected chi connectivity index (χ1v) is 4.84. The maximum atomic E-state index is 13.3. The third kappa shape index (κ3) is 2.57. The fourth-order valence-corrected chi connectivity index (χ4v) is 1.33. The molecule has 84 valence electrons. The maximum absolute atomic E-state index is 13.3. The maximum Gasteiger partial charge on any atom is 0.166 e. The summed E-state index contributed by atoms with van der Waals surface area (Å²) in [7, 11) is 1.36. The van der Waals surface area contributed by atoms with Crippen molar-refractivity contribution in [2.24, 2.45) is 5.92 Å². The topological polar surface area (TPSA) is 50.1 Å². The molecule has 0 aliphatic carbocycles. The Hall–Kier alpha value is -1.89. The number of ketones is 1. The molecule has 1 rings (SSSR count). The molecule has 0 heterocycles. The first kappa shape index (κ1) is 12.2. The number of nitriles is 1. The van der Waals surface area contributed by atoms with E-state index < -0.39 is 11.7 Å². The summed E-state index contributed by atoms with van der Waals surface area (Å²) in [5.41, 5.74) is 0.265. The van der Waals surface area contributed by atoms with Crippen LogP contribution >= 0.6 is 0 Å². The molecule has 0 N–H and O–H groups in total. The Bertz CT molecular complexity index is 437. The summed E-state index contributed by atoms with van der Waals surface area (Å²) in [4.78, 5) is 11.7. The molecular formula is C12H12FNO2. The summed E-state index contributed by atoms with van der Waals surface area (Å²) < 4.78 is 18.1. The van der Waals surface area contributed by atoms with Gasteiger partial charge >= 0.3 is 0 Å². The first-order valence-electron chi connectivity index (χ1n) is 4.84. The predicted octanol–water partition coefficient (Wildman–Crippen LogP) is 2.57. The Kier molecular flexibility index (Phi) is 4.01. The number of carbonyl (C=O) groups excluding carboxylic acids is 1. The van der Waals surface area contributed by atoms with Crippen molar-refractivity contribution in [3.8, 4) is 11.8 Å². The minimum Gasteiger partial charge on any atom is -0.494 e. The molecule has 1 aromatic carbocycles. The van der Waals surface area contributed by atoms with Gasteiger partial charge in [0.2, 0.25) is 0 Å². The molecule has 1 aromatic rings. The second-order valence-electron chi connectivity index (χ2n) is 3.48. The van der Waals surface area contributed by atoms with Gasteiger partial charge in [0.25, 0.3) is 0 Å². The lowest BCUT2D eigenvalue weighted by atomic mass is 9.97. The number of ether oxygens (including phenoxy) is 1. The lowest BCUT2D eigenvalue weighted by Crippen LogP contribution is -2.11. The molecule has 0 radical (unpaired) electrons. The molecule has 0 aliphatic rings. The Morgan fingerprint density at radius 3 is 2.81 bits per heavy atom. The van der Waals surface area contributed by atoms with Crippen LogP contribution < -0.4 is 4.74 Å². The highest BCUT2D eigenvalue weighted by Crippen LogP contribution is 2.20. The molecule has 1 atom stereocenters. The molecule has 0 bridgehead atoms. The molecule has 0 saturated carbocycles. The number of methoxy groups -OCH3 is 1. The molecular weight excluding hydrogens is 209 g/mol. The van der Waals surface area contributed by atoms with Gasteiger partial charge in [-0.15, -0.1) is 0 Å². The number of nitrogens with zero attached hydrogens (tertiary/aromatic N) is 1. The van der Waals surface area contributed by atoms with Gasteiger partial charge in [-0.05, 0) is 18.2 Å². The van der Waals surface area contributed by atoms with Gasteiger partial charge in [0.1, 0.15) is 0 Å². The SMILES string of the molecule is COc1ccc(C(=O)C(C)CC#N)cc1F. The van der Waals surface area contributed by atoms with Crippen molar-refractivity contribution in [1.82, 2.24) is 0 Å². The number of hydrogen-bond acceptors (Lipinski definition) is 3. The number of rotatable bonds is 4. The van der Waals surface area contributed by atoms with E-state index in [9.17, 15) is 9.18 Å². The van der Waals surface area contributed by atoms with Crippen LogP contribution in [-0.2, 0) is 0 Å². The van der Waals surface area contributed by atoms with E-state index >= 15 is 0 Å². The summed E-state index contributed by atoms with van der Waals surface area (Å²) in [5.74, 6) is -1.12. The molecule has 0 aliphatic heterocycles. The van der Waals surface area contributed by atoms with E-state index in [1.54, 1.807) is 6.92 Å². The van der Waals surface area contributed by atoms with Crippen molar-refractivity contribution < 1.29 is 13.9 Å². The van der Waals surface area contributed by atoms with Crippen LogP contribution in [0.3, 0.4) is 0 Å². The molecule has 4 heteroatoms. The number of halogens is 1. The van der Waals surface area contributed by atoms with Crippen LogP contribution in [0, 0.1) is 23.1 Å². The van der Waals surface area contributed by atoms with Crippen LogP contribution in [0.4, 0.5) is 4.39 Å². The Labute approximate surface area is 93.5 Å². The smallest absolute Gasteiger partial charge is 0.166 e. The second kappa shape index (κ2) is 5.26. The Morgan fingerprint density at radius 2 is 2.31 bits per heavy atom. The van der Waals surface area contributed by atoms with Gasteiger partial charge in [-0.3, -0.25) is 4.79 Å². The summed E-state index contributed by atoms with van der Waals surface area (Å²) in [5, 5.41) is 8.47. The van der Waals surface area contributed by atoms with Crippen LogP contribution in [0.2, 0.25) is 0 Å². The minimum atomic E-state index is -0.572. The van der Waals surface area contributed by atoms with Crippen LogP contribution in [0.5, 0.6) is 5.75 Å². The summed E-state index contributed by atoms with van der Waals surface area (Å²) >= 11 is 0. The lowest BCUT2D eigenvalue weighted by Gasteiger charge is -2.07. The third-order valence-electron chi connectivity index (χ3n) is 2.28. The number of benzene rings is 1. The lowest BCUT2D eigenvalue weighted by molar-refractivity contribution is 0.0931. The van der Waals surface area contributed by atoms with Crippen molar-refractivity contribution >= 4 is 5.78 Å². The molecule has 1 unspecified atom stereocenters. The average molecular weight is 221 g/mol. The van der Waals surface area contributed by atoms with Gasteiger partial charge in [0.05, 0.1) is 13.2 Å². The Balaban J connectivity index is 2.94. The van der Waals surface area contributed by atoms with Crippen molar-refractivity contribution in [2.45, 2.75) is 13.3 Å². The zero-order valence-electron chi connectivity index (χ0n) is 9.16. The zero-order chi connectivity index (χ0) is 12.1. The van der Waals surface area contributed by atoms with Gasteiger partial charge in [0, 0.05) is 17.9 Å². The highest BCUT2D eigenvalue weighted by atomic mass is 19.1. The van der Waals surface area contributed by atoms with Gasteiger partial charge in [-0.2, -0.15) is 5.26 Å². The van der Waals surface area contributed by atoms with E-state index in [1.807, 2.05) is 6.07 Å². The molecule has 0 saturated heterocycles. The average Bonchev–Trinajstić information content (AvgIpc) is 2.28. The molecule has 0 spiro atoms. The predicted molar refractivity (Wildman–Crippen MR) is 56.7 cm³/mol. The fraction of sp³-hybridized carbons (Fsp3) is 0.333. The van der Waals surface area contributed by atoms with Gasteiger partial charge in [0.15, 0.2) is 17.3 Å². The van der Waals surface area contributed by atoms with E-state index in [-0.39, 0.29) is 23.5 Å². The monoisotopic (exact) mass is 221 g/mol. The van der Waals surface area contributed by atoms with Crippen molar-refractivity contribution in [3.05, 3.63) is 29.6 Å². The van der Waals surface area contributed by atoms with Gasteiger partial charge in [-0.1, -0.05) is 6.92 Å². The van der Waals surface area contributed by atoms with Crippen molar-refractivity contribution in [3.63, 3.8) is 0 Å². The standard InChI is InChI=1S/C12H12FNO2/c1-8(5-6-14)12(15)9-3-4-11(16-2)10(13)7-9/h3-4,7-8H,5H2,1-2H3. The molecule has 0 aromatic heterocycles. The number of carbonyl (C=O) groups is 1. The van der Waals surface area contributed by atoms with Gasteiger partial charge in [-0.25, -0.2) is 4.39 Å². The van der Waals surface area contributed by atoms with Crippen LogP contribution in [0.1, 0.15) is 23.7 Å². The number of hydrogen-bond donors (Lipinski definition) is 0. The third-order valence-corrected chi connectivity index (χ3v) is 2.28. The van der Waals surface area contributed by atoms with E-state index in [0.29, 0.717) is 0 Å². The Morgan fingerprint density at radius 1 is 1.62 bits per heavy atom. The van der Waals surface area contributed by atoms with E-state index in [0.717, 1.165) is 6.07 Å². The van der Waals surface area contributed by atoms with E-state index in [2.05, 4.69) is 0 Å². The van der Waals surface area contributed by atoms with Crippen LogP contribution in [0.25, 0.3) is 0 Å². The van der Waals surface area contributed by atoms with E-state index in [4.69, 9.17) is 10.00 Å². The van der Waals surface area contributed by atoms with Crippen LogP contribution in [-0.4, -0.2) is 12.9 Å². The quantitative estimate of drug-likeness (QED) is 0.734. The largest absolute Gasteiger partial charge is 0.494 e. The first-order chi connectivity index (χ1) is 7.60. The summed E-state index contributed by atoms with van der Waals surface area (Å²) in [6.07, 6.45) is 0.131. The highest BCUT2D eigenvalue weighted by molar-refractivity contribution is 5.97. The second-order valence-corrected chi connectivity index (χ2v) is 3.48. The van der Waals surface area contributed by atoms with Crippen molar-refractivity contribution in [2.75, 3.05) is 7.11 Å². The zero-order valence-corrected chi connectivity index (χ0v) is 9.16. The van der Waals surface area contributed by atoms with Crippen molar-refractivity contribution in [1.29, 1.82) is 5.26 Å². The van der Waals surface area contributed by atoms with Gasteiger partial charge < -0.3 is 4.74 Å². The minimum absolute atomic E-state index is 0.101. The highest BCUT2D eigenvalue weighted by Gasteiger charge is 2.16. The van der Waals surface area contributed by atoms with Crippen LogP contribution in [0.15, 0.2) is 18.2 Å². The normalized spacial score (nSPS) is 11.6.